The Balaban J connectivity index is 2.45. The zero-order valence-corrected chi connectivity index (χ0v) is 13.4. The molecule has 0 bridgehead atoms. The first-order valence-electron chi connectivity index (χ1n) is 5.41. The SMILES string of the molecule is Cc1nc(N)c(C)c(Nc2ccc(Br)c(Cl)c2Cl)n1. The third-order valence-electron chi connectivity index (χ3n) is 2.58. The summed E-state index contributed by atoms with van der Waals surface area (Å²) in [6.07, 6.45) is 0. The molecule has 100 valence electrons. The number of benzene rings is 1. The summed E-state index contributed by atoms with van der Waals surface area (Å²) in [6, 6.07) is 3.62. The lowest BCUT2D eigenvalue weighted by atomic mass is 10.2. The van der Waals surface area contributed by atoms with Gasteiger partial charge in [0, 0.05) is 10.0 Å². The molecule has 0 atom stereocenters. The molecule has 1 aromatic carbocycles. The van der Waals surface area contributed by atoms with E-state index in [1.807, 2.05) is 19.1 Å². The summed E-state index contributed by atoms with van der Waals surface area (Å²) in [5, 5.41) is 3.99. The van der Waals surface area contributed by atoms with E-state index in [4.69, 9.17) is 28.9 Å². The van der Waals surface area contributed by atoms with Crippen molar-refractivity contribution in [3.8, 4) is 0 Å². The van der Waals surface area contributed by atoms with Gasteiger partial charge in [0.1, 0.15) is 17.5 Å². The molecule has 0 spiro atoms. The molecule has 2 rings (SSSR count). The molecule has 0 aliphatic carbocycles. The molecular formula is C12H11BrCl2N4. The second kappa shape index (κ2) is 5.53. The van der Waals surface area contributed by atoms with Crippen molar-refractivity contribution in [3.63, 3.8) is 0 Å². The van der Waals surface area contributed by atoms with Crippen molar-refractivity contribution in [1.82, 2.24) is 9.97 Å². The zero-order chi connectivity index (χ0) is 14.2. The maximum Gasteiger partial charge on any atom is 0.139 e. The predicted molar refractivity (Wildman–Crippen MR) is 83.4 cm³/mol. The summed E-state index contributed by atoms with van der Waals surface area (Å²) in [7, 11) is 0. The Kier molecular flexibility index (Phi) is 4.18. The van der Waals surface area contributed by atoms with Crippen LogP contribution in [0.5, 0.6) is 0 Å². The minimum absolute atomic E-state index is 0.422. The van der Waals surface area contributed by atoms with E-state index in [1.54, 1.807) is 6.92 Å². The number of rotatable bonds is 2. The molecule has 4 nitrogen and oxygen atoms in total. The van der Waals surface area contributed by atoms with Crippen LogP contribution < -0.4 is 11.1 Å². The fraction of sp³-hybridized carbons (Fsp3) is 0.167. The van der Waals surface area contributed by atoms with Gasteiger partial charge in [0.15, 0.2) is 0 Å². The number of hydrogen-bond acceptors (Lipinski definition) is 4. The number of nitrogens with zero attached hydrogens (tertiary/aromatic N) is 2. The lowest BCUT2D eigenvalue weighted by Gasteiger charge is -2.13. The molecule has 1 heterocycles. The molecule has 0 saturated carbocycles. The second-order valence-electron chi connectivity index (χ2n) is 3.98. The number of anilines is 3. The minimum atomic E-state index is 0.422. The van der Waals surface area contributed by atoms with E-state index in [9.17, 15) is 0 Å². The molecule has 0 fully saturated rings. The standard InChI is InChI=1S/C12H11BrCl2N4/c1-5-11(16)17-6(2)18-12(5)19-8-4-3-7(13)9(14)10(8)15/h3-4H,1-2H3,(H3,16,17,18,19). The van der Waals surface area contributed by atoms with Crippen LogP contribution in [0.2, 0.25) is 10.0 Å². The lowest BCUT2D eigenvalue weighted by Crippen LogP contribution is -2.05. The fourth-order valence-electron chi connectivity index (χ4n) is 1.52. The average molecular weight is 362 g/mol. The smallest absolute Gasteiger partial charge is 0.139 e. The number of hydrogen-bond donors (Lipinski definition) is 2. The molecule has 0 radical (unpaired) electrons. The molecule has 0 unspecified atom stereocenters. The summed E-state index contributed by atoms with van der Waals surface area (Å²) >= 11 is 15.6. The molecule has 0 amide bonds. The molecule has 2 aromatic rings. The predicted octanol–water partition coefficient (Wildman–Crippen LogP) is 4.49. The number of nitrogens with two attached hydrogens (primary N) is 1. The summed E-state index contributed by atoms with van der Waals surface area (Å²) < 4.78 is 0.736. The first-order valence-corrected chi connectivity index (χ1v) is 6.96. The topological polar surface area (TPSA) is 63.8 Å². The first kappa shape index (κ1) is 14.4. The first-order chi connectivity index (χ1) is 8.90. The number of nitrogen functional groups attached to an aromatic ring is 1. The third-order valence-corrected chi connectivity index (χ3v) is 4.35. The quantitative estimate of drug-likeness (QED) is 0.773. The van der Waals surface area contributed by atoms with E-state index < -0.39 is 0 Å². The van der Waals surface area contributed by atoms with E-state index in [-0.39, 0.29) is 0 Å². The molecule has 7 heteroatoms. The van der Waals surface area contributed by atoms with E-state index in [1.165, 1.54) is 0 Å². The Morgan fingerprint density at radius 1 is 1.16 bits per heavy atom. The fourth-order valence-corrected chi connectivity index (χ4v) is 2.34. The minimum Gasteiger partial charge on any atom is -0.383 e. The highest BCUT2D eigenvalue weighted by molar-refractivity contribution is 9.10. The number of nitrogens with one attached hydrogen (secondary N) is 1. The van der Waals surface area contributed by atoms with Gasteiger partial charge < -0.3 is 11.1 Å². The Morgan fingerprint density at radius 3 is 2.53 bits per heavy atom. The maximum atomic E-state index is 6.18. The lowest BCUT2D eigenvalue weighted by molar-refractivity contribution is 1.04. The van der Waals surface area contributed by atoms with E-state index in [2.05, 4.69) is 31.2 Å². The van der Waals surface area contributed by atoms with Crippen molar-refractivity contribution in [3.05, 3.63) is 38.0 Å². The van der Waals surface area contributed by atoms with Crippen LogP contribution in [0.4, 0.5) is 17.3 Å². The van der Waals surface area contributed by atoms with Gasteiger partial charge in [0.05, 0.1) is 15.7 Å². The molecule has 3 N–H and O–H groups in total. The van der Waals surface area contributed by atoms with Crippen molar-refractivity contribution in [1.29, 1.82) is 0 Å². The van der Waals surface area contributed by atoms with Crippen LogP contribution >= 0.6 is 39.1 Å². The molecule has 0 aliphatic rings. The summed E-state index contributed by atoms with van der Waals surface area (Å²) in [4.78, 5) is 8.40. The average Bonchev–Trinajstić information content (AvgIpc) is 2.36. The van der Waals surface area contributed by atoms with Crippen molar-refractivity contribution in [2.45, 2.75) is 13.8 Å². The molecule has 1 aromatic heterocycles. The van der Waals surface area contributed by atoms with Crippen LogP contribution in [0.25, 0.3) is 0 Å². The van der Waals surface area contributed by atoms with Crippen molar-refractivity contribution in [2.75, 3.05) is 11.1 Å². The van der Waals surface area contributed by atoms with Gasteiger partial charge in [-0.2, -0.15) is 0 Å². The summed E-state index contributed by atoms with van der Waals surface area (Å²) in [5.41, 5.74) is 7.24. The largest absolute Gasteiger partial charge is 0.383 e. The van der Waals surface area contributed by atoms with Crippen molar-refractivity contribution >= 4 is 56.5 Å². The summed E-state index contributed by atoms with van der Waals surface area (Å²) in [5.74, 6) is 1.64. The molecule has 0 saturated heterocycles. The molecule has 0 aliphatic heterocycles. The van der Waals surface area contributed by atoms with Gasteiger partial charge in [0.2, 0.25) is 0 Å². The number of aromatic nitrogens is 2. The van der Waals surface area contributed by atoms with Gasteiger partial charge in [-0.3, -0.25) is 0 Å². The maximum absolute atomic E-state index is 6.18. The highest BCUT2D eigenvalue weighted by atomic mass is 79.9. The highest BCUT2D eigenvalue weighted by Crippen LogP contribution is 2.37. The highest BCUT2D eigenvalue weighted by Gasteiger charge is 2.12. The summed E-state index contributed by atoms with van der Waals surface area (Å²) in [6.45, 7) is 3.61. The third kappa shape index (κ3) is 2.94. The zero-order valence-electron chi connectivity index (χ0n) is 10.3. The van der Waals surface area contributed by atoms with Crippen molar-refractivity contribution in [2.24, 2.45) is 0 Å². The second-order valence-corrected chi connectivity index (χ2v) is 5.59. The van der Waals surface area contributed by atoms with Gasteiger partial charge in [-0.25, -0.2) is 9.97 Å². The van der Waals surface area contributed by atoms with Gasteiger partial charge in [-0.1, -0.05) is 23.2 Å². The van der Waals surface area contributed by atoms with Crippen LogP contribution in [0.3, 0.4) is 0 Å². The van der Waals surface area contributed by atoms with Crippen LogP contribution in [-0.2, 0) is 0 Å². The van der Waals surface area contributed by atoms with Gasteiger partial charge in [0.25, 0.3) is 0 Å². The monoisotopic (exact) mass is 360 g/mol. The Labute approximate surface area is 129 Å². The molecule has 19 heavy (non-hydrogen) atoms. The van der Waals surface area contributed by atoms with Crippen LogP contribution in [0, 0.1) is 13.8 Å². The van der Waals surface area contributed by atoms with E-state index >= 15 is 0 Å². The molecular weight excluding hydrogens is 351 g/mol. The van der Waals surface area contributed by atoms with Crippen LogP contribution in [0.15, 0.2) is 16.6 Å². The Morgan fingerprint density at radius 2 is 1.84 bits per heavy atom. The van der Waals surface area contributed by atoms with Crippen molar-refractivity contribution < 1.29 is 0 Å². The number of halogens is 3. The normalized spacial score (nSPS) is 10.6. The van der Waals surface area contributed by atoms with E-state index in [0.717, 1.165) is 10.0 Å². The van der Waals surface area contributed by atoms with E-state index in [0.29, 0.717) is 33.2 Å². The van der Waals surface area contributed by atoms with Gasteiger partial charge in [-0.15, -0.1) is 0 Å². The van der Waals surface area contributed by atoms with Crippen LogP contribution in [0.1, 0.15) is 11.4 Å². The van der Waals surface area contributed by atoms with Gasteiger partial charge in [-0.05, 0) is 41.9 Å². The number of aryl methyl sites for hydroxylation is 1. The Bertz CT molecular complexity index is 646. The van der Waals surface area contributed by atoms with Crippen LogP contribution in [-0.4, -0.2) is 9.97 Å². The van der Waals surface area contributed by atoms with Gasteiger partial charge >= 0.3 is 0 Å². The Hall–Kier alpha value is -1.04.